The van der Waals surface area contributed by atoms with E-state index in [1.165, 1.54) is 0 Å². The first kappa shape index (κ1) is 19.7. The molecule has 2 N–H and O–H groups in total. The van der Waals surface area contributed by atoms with Crippen LogP contribution in [0, 0.1) is 0 Å². The standard InChI is InChI=1S/C24H24N4O2/c1-2-30-21-13-7-6-12-20(21)27-24(29)23(18-10-4-3-5-11-18)25-16-19-17-28-15-9-8-14-22(28)26-19/h3-15,17,23,25H,2,16H2,1H3,(H,27,29)/t23-/m0/s1. The Balaban J connectivity index is 1.54. The highest BCUT2D eigenvalue weighted by atomic mass is 16.5. The fourth-order valence-corrected chi connectivity index (χ4v) is 3.34. The van der Waals surface area contributed by atoms with Crippen molar-refractivity contribution in [3.05, 3.63) is 96.4 Å². The molecule has 30 heavy (non-hydrogen) atoms. The molecule has 0 saturated carbocycles. The molecule has 0 spiro atoms. The van der Waals surface area contributed by atoms with Crippen LogP contribution in [-0.4, -0.2) is 21.9 Å². The van der Waals surface area contributed by atoms with Gasteiger partial charge >= 0.3 is 0 Å². The maximum absolute atomic E-state index is 13.2. The van der Waals surface area contributed by atoms with E-state index in [0.717, 1.165) is 16.9 Å². The van der Waals surface area contributed by atoms with Crippen LogP contribution in [-0.2, 0) is 11.3 Å². The molecule has 2 aromatic heterocycles. The largest absolute Gasteiger partial charge is 0.492 e. The highest BCUT2D eigenvalue weighted by molar-refractivity contribution is 5.96. The van der Waals surface area contributed by atoms with Crippen molar-refractivity contribution < 1.29 is 9.53 Å². The van der Waals surface area contributed by atoms with Gasteiger partial charge in [-0.2, -0.15) is 0 Å². The highest BCUT2D eigenvalue weighted by Gasteiger charge is 2.21. The molecule has 2 aromatic carbocycles. The Morgan fingerprint density at radius 2 is 1.80 bits per heavy atom. The number of aromatic nitrogens is 2. The average molecular weight is 400 g/mol. The number of anilines is 1. The second-order valence-corrected chi connectivity index (χ2v) is 6.84. The summed E-state index contributed by atoms with van der Waals surface area (Å²) in [4.78, 5) is 17.8. The Bertz CT molecular complexity index is 1090. The van der Waals surface area contributed by atoms with E-state index in [0.29, 0.717) is 24.6 Å². The number of carbonyl (C=O) groups is 1. The molecule has 152 valence electrons. The van der Waals surface area contributed by atoms with E-state index in [2.05, 4.69) is 15.6 Å². The fourth-order valence-electron chi connectivity index (χ4n) is 3.34. The summed E-state index contributed by atoms with van der Waals surface area (Å²) >= 11 is 0. The Hall–Kier alpha value is -3.64. The lowest BCUT2D eigenvalue weighted by atomic mass is 10.1. The molecule has 4 aromatic rings. The number of carbonyl (C=O) groups excluding carboxylic acids is 1. The average Bonchev–Trinajstić information content (AvgIpc) is 3.19. The molecule has 4 rings (SSSR count). The van der Waals surface area contributed by atoms with Gasteiger partial charge in [0.15, 0.2) is 0 Å². The van der Waals surface area contributed by atoms with Gasteiger partial charge in [0.05, 0.1) is 18.0 Å². The van der Waals surface area contributed by atoms with Crippen molar-refractivity contribution in [1.29, 1.82) is 0 Å². The van der Waals surface area contributed by atoms with Gasteiger partial charge in [0, 0.05) is 18.9 Å². The maximum Gasteiger partial charge on any atom is 0.246 e. The molecule has 0 unspecified atom stereocenters. The summed E-state index contributed by atoms with van der Waals surface area (Å²) < 4.78 is 7.60. The van der Waals surface area contributed by atoms with Crippen molar-refractivity contribution in [2.24, 2.45) is 0 Å². The van der Waals surface area contributed by atoms with E-state index in [1.54, 1.807) is 0 Å². The minimum absolute atomic E-state index is 0.155. The summed E-state index contributed by atoms with van der Waals surface area (Å²) in [6, 6.07) is 22.4. The lowest BCUT2D eigenvalue weighted by molar-refractivity contribution is -0.118. The molecule has 2 heterocycles. The van der Waals surface area contributed by atoms with Gasteiger partial charge in [-0.15, -0.1) is 0 Å². The van der Waals surface area contributed by atoms with E-state index in [9.17, 15) is 4.79 Å². The summed E-state index contributed by atoms with van der Waals surface area (Å²) in [5.74, 6) is 0.498. The summed E-state index contributed by atoms with van der Waals surface area (Å²) in [5.41, 5.74) is 3.28. The summed E-state index contributed by atoms with van der Waals surface area (Å²) in [5, 5.41) is 6.36. The molecular weight excluding hydrogens is 376 g/mol. The number of pyridine rings is 1. The van der Waals surface area contributed by atoms with Crippen LogP contribution in [0.15, 0.2) is 85.2 Å². The SMILES string of the molecule is CCOc1ccccc1NC(=O)[C@@H](NCc1cn2ccccc2n1)c1ccccc1. The van der Waals surface area contributed by atoms with Crippen molar-refractivity contribution in [3.63, 3.8) is 0 Å². The molecule has 0 saturated heterocycles. The predicted octanol–water partition coefficient (Wildman–Crippen LogP) is 4.20. The molecule has 6 nitrogen and oxygen atoms in total. The third-order valence-corrected chi connectivity index (χ3v) is 4.74. The lowest BCUT2D eigenvalue weighted by Crippen LogP contribution is -2.33. The quantitative estimate of drug-likeness (QED) is 0.465. The number of nitrogens with zero attached hydrogens (tertiary/aromatic N) is 2. The van der Waals surface area contributed by atoms with Gasteiger partial charge in [0.25, 0.3) is 0 Å². The number of ether oxygens (including phenoxy) is 1. The van der Waals surface area contributed by atoms with Gasteiger partial charge < -0.3 is 14.5 Å². The topological polar surface area (TPSA) is 67.7 Å². The zero-order valence-electron chi connectivity index (χ0n) is 16.8. The highest BCUT2D eigenvalue weighted by Crippen LogP contribution is 2.25. The van der Waals surface area contributed by atoms with Crippen molar-refractivity contribution in [2.75, 3.05) is 11.9 Å². The number of hydrogen-bond donors (Lipinski definition) is 2. The second-order valence-electron chi connectivity index (χ2n) is 6.84. The normalized spacial score (nSPS) is 11.9. The molecule has 1 atom stereocenters. The third kappa shape index (κ3) is 4.50. The van der Waals surface area contributed by atoms with Gasteiger partial charge in [-0.25, -0.2) is 4.98 Å². The Kier molecular flexibility index (Phi) is 6.06. The Morgan fingerprint density at radius 3 is 2.60 bits per heavy atom. The van der Waals surface area contributed by atoms with Crippen LogP contribution < -0.4 is 15.4 Å². The number of amides is 1. The van der Waals surface area contributed by atoms with Gasteiger partial charge in [-0.1, -0.05) is 48.5 Å². The van der Waals surface area contributed by atoms with Crippen molar-refractivity contribution >= 4 is 17.2 Å². The first-order valence-corrected chi connectivity index (χ1v) is 9.98. The number of hydrogen-bond acceptors (Lipinski definition) is 4. The van der Waals surface area contributed by atoms with Crippen LogP contribution >= 0.6 is 0 Å². The van der Waals surface area contributed by atoms with Crippen molar-refractivity contribution in [2.45, 2.75) is 19.5 Å². The van der Waals surface area contributed by atoms with Crippen LogP contribution in [0.2, 0.25) is 0 Å². The molecule has 0 aliphatic rings. The van der Waals surface area contributed by atoms with E-state index in [4.69, 9.17) is 4.74 Å². The zero-order valence-corrected chi connectivity index (χ0v) is 16.8. The third-order valence-electron chi connectivity index (χ3n) is 4.74. The van der Waals surface area contributed by atoms with Crippen molar-refractivity contribution in [3.8, 4) is 5.75 Å². The van der Waals surface area contributed by atoms with Crippen LogP contribution in [0.1, 0.15) is 24.2 Å². The van der Waals surface area contributed by atoms with Crippen LogP contribution in [0.25, 0.3) is 5.65 Å². The van der Waals surface area contributed by atoms with Crippen LogP contribution in [0.5, 0.6) is 5.75 Å². The minimum Gasteiger partial charge on any atom is -0.492 e. The monoisotopic (exact) mass is 400 g/mol. The fraction of sp³-hybridized carbons (Fsp3) is 0.167. The first-order valence-electron chi connectivity index (χ1n) is 9.98. The Labute approximate surface area is 175 Å². The zero-order chi connectivity index (χ0) is 20.8. The maximum atomic E-state index is 13.2. The molecule has 0 fully saturated rings. The predicted molar refractivity (Wildman–Crippen MR) is 117 cm³/mol. The molecule has 1 amide bonds. The van der Waals surface area contributed by atoms with Crippen LogP contribution in [0.3, 0.4) is 0 Å². The van der Waals surface area contributed by atoms with E-state index >= 15 is 0 Å². The molecule has 6 heteroatoms. The molecule has 0 aliphatic heterocycles. The van der Waals surface area contributed by atoms with Gasteiger partial charge in [0.2, 0.25) is 5.91 Å². The number of rotatable bonds is 8. The first-order chi connectivity index (χ1) is 14.7. The lowest BCUT2D eigenvalue weighted by Gasteiger charge is -2.19. The van der Waals surface area contributed by atoms with Crippen molar-refractivity contribution in [1.82, 2.24) is 14.7 Å². The summed E-state index contributed by atoms with van der Waals surface area (Å²) in [6.07, 6.45) is 3.92. The number of nitrogens with one attached hydrogen (secondary N) is 2. The Morgan fingerprint density at radius 1 is 1.03 bits per heavy atom. The molecular formula is C24H24N4O2. The van der Waals surface area contributed by atoms with E-state index < -0.39 is 6.04 Å². The summed E-state index contributed by atoms with van der Waals surface area (Å²) in [7, 11) is 0. The minimum atomic E-state index is -0.536. The number of para-hydroxylation sites is 2. The van der Waals surface area contributed by atoms with Gasteiger partial charge in [-0.05, 0) is 36.8 Å². The summed E-state index contributed by atoms with van der Waals surface area (Å²) in [6.45, 7) is 2.91. The molecule has 0 radical (unpaired) electrons. The number of imidazole rings is 1. The smallest absolute Gasteiger partial charge is 0.246 e. The number of benzene rings is 2. The van der Waals surface area contributed by atoms with Gasteiger partial charge in [-0.3, -0.25) is 10.1 Å². The van der Waals surface area contributed by atoms with E-state index in [-0.39, 0.29) is 5.91 Å². The van der Waals surface area contributed by atoms with Gasteiger partial charge in [0.1, 0.15) is 17.4 Å². The second kappa shape index (κ2) is 9.24. The molecule has 0 bridgehead atoms. The van der Waals surface area contributed by atoms with Crippen LogP contribution in [0.4, 0.5) is 5.69 Å². The van der Waals surface area contributed by atoms with E-state index in [1.807, 2.05) is 96.5 Å². The number of fused-ring (bicyclic) bond motifs is 1. The molecule has 0 aliphatic carbocycles.